The molecule has 3 N–H and O–H groups in total. The molecule has 0 aromatic carbocycles. The van der Waals surface area contributed by atoms with E-state index in [2.05, 4.69) is 5.32 Å². The number of hydrogen-bond acceptors (Lipinski definition) is 2. The van der Waals surface area contributed by atoms with Crippen LogP contribution in [-0.2, 0) is 4.79 Å². The predicted molar refractivity (Wildman–Crippen MR) is 60.3 cm³/mol. The van der Waals surface area contributed by atoms with Crippen molar-refractivity contribution in [2.75, 3.05) is 6.54 Å². The van der Waals surface area contributed by atoms with Crippen LogP contribution in [-0.4, -0.2) is 18.5 Å². The number of nitrogens with two attached hydrogens (primary N) is 1. The number of carbonyl (C=O) groups excluding carboxylic acids is 1. The van der Waals surface area contributed by atoms with E-state index in [0.29, 0.717) is 12.3 Å². The van der Waals surface area contributed by atoms with Crippen molar-refractivity contribution >= 4 is 5.91 Å². The van der Waals surface area contributed by atoms with Crippen molar-refractivity contribution in [1.82, 2.24) is 5.32 Å². The van der Waals surface area contributed by atoms with Crippen LogP contribution >= 0.6 is 0 Å². The van der Waals surface area contributed by atoms with E-state index in [1.54, 1.807) is 0 Å². The number of hydrogen-bond donors (Lipinski definition) is 2. The average molecular weight is 210 g/mol. The topological polar surface area (TPSA) is 55.1 Å². The van der Waals surface area contributed by atoms with Gasteiger partial charge in [0.2, 0.25) is 5.91 Å². The van der Waals surface area contributed by atoms with Crippen LogP contribution in [0.1, 0.15) is 44.9 Å². The molecule has 0 aromatic heterocycles. The molecule has 86 valence electrons. The van der Waals surface area contributed by atoms with Crippen molar-refractivity contribution < 1.29 is 4.79 Å². The Hall–Kier alpha value is -0.570. The first-order chi connectivity index (χ1) is 7.25. The zero-order valence-corrected chi connectivity index (χ0v) is 9.37. The van der Waals surface area contributed by atoms with Gasteiger partial charge in [0.1, 0.15) is 0 Å². The van der Waals surface area contributed by atoms with Crippen LogP contribution in [0.5, 0.6) is 0 Å². The largest absolute Gasteiger partial charge is 0.356 e. The summed E-state index contributed by atoms with van der Waals surface area (Å²) in [4.78, 5) is 11.6. The molecule has 3 heteroatoms. The molecule has 0 bridgehead atoms. The first-order valence-electron chi connectivity index (χ1n) is 6.28. The molecule has 2 saturated carbocycles. The third kappa shape index (κ3) is 3.49. The van der Waals surface area contributed by atoms with Gasteiger partial charge in [0.25, 0.3) is 0 Å². The predicted octanol–water partition coefficient (Wildman–Crippen LogP) is 1.42. The first-order valence-corrected chi connectivity index (χ1v) is 6.28. The van der Waals surface area contributed by atoms with Crippen LogP contribution in [0.2, 0.25) is 0 Å². The lowest BCUT2D eigenvalue weighted by atomic mass is 9.83. The molecule has 1 amide bonds. The maximum Gasteiger partial charge on any atom is 0.220 e. The van der Waals surface area contributed by atoms with E-state index in [1.807, 2.05) is 0 Å². The fourth-order valence-corrected chi connectivity index (χ4v) is 2.38. The van der Waals surface area contributed by atoms with Gasteiger partial charge in [-0.25, -0.2) is 0 Å². The quantitative estimate of drug-likeness (QED) is 0.737. The molecule has 0 aromatic rings. The number of carbonyl (C=O) groups is 1. The van der Waals surface area contributed by atoms with Crippen molar-refractivity contribution in [3.63, 3.8) is 0 Å². The summed E-state index contributed by atoms with van der Waals surface area (Å²) in [6.07, 6.45) is 7.95. The van der Waals surface area contributed by atoms with Crippen molar-refractivity contribution in [3.8, 4) is 0 Å². The first kappa shape index (κ1) is 10.9. The van der Waals surface area contributed by atoms with E-state index >= 15 is 0 Å². The molecule has 15 heavy (non-hydrogen) atoms. The van der Waals surface area contributed by atoms with Crippen LogP contribution in [0.3, 0.4) is 0 Å². The van der Waals surface area contributed by atoms with Crippen LogP contribution in [0, 0.1) is 11.8 Å². The second-order valence-corrected chi connectivity index (χ2v) is 5.16. The lowest BCUT2D eigenvalue weighted by molar-refractivity contribution is -0.122. The Bertz CT molecular complexity index is 226. The summed E-state index contributed by atoms with van der Waals surface area (Å²) < 4.78 is 0. The summed E-state index contributed by atoms with van der Waals surface area (Å²) in [5.74, 6) is 1.41. The summed E-state index contributed by atoms with van der Waals surface area (Å²) >= 11 is 0. The Morgan fingerprint density at radius 2 is 1.93 bits per heavy atom. The number of rotatable bonds is 4. The van der Waals surface area contributed by atoms with Gasteiger partial charge in [-0.3, -0.25) is 4.79 Å². The molecular formula is C12H22N2O. The molecule has 2 aliphatic carbocycles. The molecule has 2 atom stereocenters. The molecule has 0 spiro atoms. The van der Waals surface area contributed by atoms with Gasteiger partial charge in [0.05, 0.1) is 0 Å². The molecule has 0 aliphatic heterocycles. The van der Waals surface area contributed by atoms with E-state index < -0.39 is 0 Å². The Balaban J connectivity index is 1.66. The third-order valence-corrected chi connectivity index (χ3v) is 3.70. The van der Waals surface area contributed by atoms with Gasteiger partial charge < -0.3 is 11.1 Å². The van der Waals surface area contributed by atoms with Crippen molar-refractivity contribution in [2.24, 2.45) is 17.6 Å². The molecule has 2 rings (SSSR count). The van der Waals surface area contributed by atoms with Crippen LogP contribution in [0.25, 0.3) is 0 Å². The minimum Gasteiger partial charge on any atom is -0.356 e. The van der Waals surface area contributed by atoms with E-state index in [-0.39, 0.29) is 11.9 Å². The smallest absolute Gasteiger partial charge is 0.220 e. The van der Waals surface area contributed by atoms with Crippen LogP contribution < -0.4 is 11.1 Å². The van der Waals surface area contributed by atoms with Crippen molar-refractivity contribution in [3.05, 3.63) is 0 Å². The third-order valence-electron chi connectivity index (χ3n) is 3.70. The van der Waals surface area contributed by atoms with Gasteiger partial charge >= 0.3 is 0 Å². The highest BCUT2D eigenvalue weighted by Crippen LogP contribution is 2.28. The number of amides is 1. The zero-order valence-electron chi connectivity index (χ0n) is 9.37. The van der Waals surface area contributed by atoms with Gasteiger partial charge in [-0.2, -0.15) is 0 Å². The fraction of sp³-hybridized carbons (Fsp3) is 0.917. The van der Waals surface area contributed by atoms with E-state index in [4.69, 9.17) is 5.73 Å². The van der Waals surface area contributed by atoms with Gasteiger partial charge in [-0.15, -0.1) is 0 Å². The fourth-order valence-electron chi connectivity index (χ4n) is 2.38. The van der Waals surface area contributed by atoms with Gasteiger partial charge in [0.15, 0.2) is 0 Å². The minimum atomic E-state index is 0.212. The Morgan fingerprint density at radius 3 is 2.60 bits per heavy atom. The Kier molecular flexibility index (Phi) is 3.62. The molecule has 3 nitrogen and oxygen atoms in total. The van der Waals surface area contributed by atoms with Crippen molar-refractivity contribution in [2.45, 2.75) is 51.0 Å². The molecule has 2 unspecified atom stereocenters. The lowest BCUT2D eigenvalue weighted by Crippen LogP contribution is -2.37. The normalized spacial score (nSPS) is 31.3. The highest BCUT2D eigenvalue weighted by atomic mass is 16.1. The maximum atomic E-state index is 11.6. The van der Waals surface area contributed by atoms with Gasteiger partial charge in [-0.1, -0.05) is 12.8 Å². The van der Waals surface area contributed by atoms with E-state index in [9.17, 15) is 4.79 Å². The summed E-state index contributed by atoms with van der Waals surface area (Å²) in [6.45, 7) is 0.890. The van der Waals surface area contributed by atoms with Crippen LogP contribution in [0.15, 0.2) is 0 Å². The average Bonchev–Trinajstić information content (AvgIpc) is 3.02. The summed E-state index contributed by atoms with van der Waals surface area (Å²) in [6, 6.07) is 0.255. The van der Waals surface area contributed by atoms with E-state index in [1.165, 1.54) is 25.7 Å². The lowest BCUT2D eigenvalue weighted by Gasteiger charge is -2.27. The monoisotopic (exact) mass is 210 g/mol. The Morgan fingerprint density at radius 1 is 1.20 bits per heavy atom. The molecule has 2 fully saturated rings. The van der Waals surface area contributed by atoms with E-state index in [0.717, 1.165) is 25.3 Å². The standard InChI is InChI=1S/C12H22N2O/c13-11-4-2-1-3-10(11)7-12(15)14-8-9-5-6-9/h9-11H,1-8,13H2,(H,14,15). The van der Waals surface area contributed by atoms with Crippen molar-refractivity contribution in [1.29, 1.82) is 0 Å². The Labute approximate surface area is 91.8 Å². The summed E-state index contributed by atoms with van der Waals surface area (Å²) in [5, 5.41) is 3.02. The summed E-state index contributed by atoms with van der Waals surface area (Å²) in [5.41, 5.74) is 6.02. The molecule has 0 heterocycles. The second-order valence-electron chi connectivity index (χ2n) is 5.16. The van der Waals surface area contributed by atoms with Gasteiger partial charge in [-0.05, 0) is 37.5 Å². The molecule has 2 aliphatic rings. The van der Waals surface area contributed by atoms with Crippen LogP contribution in [0.4, 0.5) is 0 Å². The highest BCUT2D eigenvalue weighted by Gasteiger charge is 2.25. The highest BCUT2D eigenvalue weighted by molar-refractivity contribution is 5.76. The summed E-state index contributed by atoms with van der Waals surface area (Å²) in [7, 11) is 0. The molecule has 0 saturated heterocycles. The maximum absolute atomic E-state index is 11.6. The minimum absolute atomic E-state index is 0.212. The molecular weight excluding hydrogens is 188 g/mol. The molecule has 0 radical (unpaired) electrons. The second kappa shape index (κ2) is 4.97. The number of nitrogens with one attached hydrogen (secondary N) is 1. The van der Waals surface area contributed by atoms with Gasteiger partial charge in [0, 0.05) is 19.0 Å². The zero-order chi connectivity index (χ0) is 10.7. The SMILES string of the molecule is NC1CCCCC1CC(=O)NCC1CC1.